The van der Waals surface area contributed by atoms with E-state index in [1.165, 1.54) is 0 Å². The third kappa shape index (κ3) is 3.35. The second kappa shape index (κ2) is 6.25. The molecular formula is C19H23N5O2. The van der Waals surface area contributed by atoms with Crippen molar-refractivity contribution in [1.82, 2.24) is 20.4 Å². The van der Waals surface area contributed by atoms with E-state index in [9.17, 15) is 4.79 Å². The zero-order valence-electron chi connectivity index (χ0n) is 15.2. The summed E-state index contributed by atoms with van der Waals surface area (Å²) in [5.74, 6) is 0.299. The number of guanidine groups is 1. The van der Waals surface area contributed by atoms with Gasteiger partial charge in [-0.2, -0.15) is 5.10 Å². The largest absolute Gasteiger partial charge is 0.373 e. The number of benzene rings is 1. The lowest BCUT2D eigenvalue weighted by molar-refractivity contribution is -0.115. The predicted molar refractivity (Wildman–Crippen MR) is 100 cm³/mol. The second-order valence-electron chi connectivity index (χ2n) is 7.48. The zero-order chi connectivity index (χ0) is 18.3. The topological polar surface area (TPSA) is 80.5 Å². The SMILES string of the molecule is Cn1ncc2cc(/C=C3\N=C(NC4CCC(C)(C)OC4)NC3=O)ccc21. The average Bonchev–Trinajstić information content (AvgIpc) is 3.13. The maximum absolute atomic E-state index is 12.2. The highest BCUT2D eigenvalue weighted by Crippen LogP contribution is 2.24. The van der Waals surface area contributed by atoms with Gasteiger partial charge in [0.05, 0.1) is 30.0 Å². The lowest BCUT2D eigenvalue weighted by atomic mass is 9.96. The van der Waals surface area contributed by atoms with Gasteiger partial charge >= 0.3 is 0 Å². The van der Waals surface area contributed by atoms with Crippen LogP contribution in [-0.2, 0) is 16.6 Å². The molecule has 0 saturated carbocycles. The quantitative estimate of drug-likeness (QED) is 0.809. The third-order valence-electron chi connectivity index (χ3n) is 4.88. The number of hydrogen-bond acceptors (Lipinski definition) is 5. The highest BCUT2D eigenvalue weighted by Gasteiger charge is 2.29. The number of aryl methyl sites for hydroxylation is 1. The number of rotatable bonds is 2. The van der Waals surface area contributed by atoms with Gasteiger partial charge in [0.2, 0.25) is 5.96 Å². The van der Waals surface area contributed by atoms with Crippen molar-refractivity contribution in [3.05, 3.63) is 35.7 Å². The number of fused-ring (bicyclic) bond motifs is 1. The van der Waals surface area contributed by atoms with E-state index in [4.69, 9.17) is 4.74 Å². The van der Waals surface area contributed by atoms with Crippen molar-refractivity contribution >= 4 is 28.8 Å². The van der Waals surface area contributed by atoms with Crippen LogP contribution in [0.4, 0.5) is 0 Å². The number of nitrogens with zero attached hydrogens (tertiary/aromatic N) is 3. The second-order valence-corrected chi connectivity index (χ2v) is 7.48. The highest BCUT2D eigenvalue weighted by molar-refractivity contribution is 6.13. The summed E-state index contributed by atoms with van der Waals surface area (Å²) in [5.41, 5.74) is 2.29. The lowest BCUT2D eigenvalue weighted by Gasteiger charge is -2.35. The van der Waals surface area contributed by atoms with Crippen LogP contribution in [0.3, 0.4) is 0 Å². The van der Waals surface area contributed by atoms with Crippen molar-refractivity contribution in [1.29, 1.82) is 0 Å². The van der Waals surface area contributed by atoms with Crippen molar-refractivity contribution < 1.29 is 9.53 Å². The van der Waals surface area contributed by atoms with Crippen LogP contribution in [0.15, 0.2) is 35.1 Å². The Morgan fingerprint density at radius 3 is 3.04 bits per heavy atom. The third-order valence-corrected chi connectivity index (χ3v) is 4.88. The normalized spacial score (nSPS) is 24.0. The summed E-state index contributed by atoms with van der Waals surface area (Å²) < 4.78 is 7.65. The van der Waals surface area contributed by atoms with Gasteiger partial charge in [-0.1, -0.05) is 6.07 Å². The first-order chi connectivity index (χ1) is 12.4. The van der Waals surface area contributed by atoms with Crippen LogP contribution in [0.2, 0.25) is 0 Å². The van der Waals surface area contributed by atoms with Crippen LogP contribution in [0, 0.1) is 0 Å². The molecule has 2 aliphatic heterocycles. The molecule has 0 radical (unpaired) electrons. The van der Waals surface area contributed by atoms with Crippen molar-refractivity contribution in [3.63, 3.8) is 0 Å². The monoisotopic (exact) mass is 353 g/mol. The number of hydrogen-bond donors (Lipinski definition) is 2. The summed E-state index contributed by atoms with van der Waals surface area (Å²) in [5, 5.41) is 11.3. The van der Waals surface area contributed by atoms with Gasteiger partial charge in [-0.15, -0.1) is 0 Å². The Kier molecular flexibility index (Phi) is 4.03. The summed E-state index contributed by atoms with van der Waals surface area (Å²) >= 11 is 0. The van der Waals surface area contributed by atoms with E-state index in [0.29, 0.717) is 18.3 Å². The molecule has 2 aliphatic rings. The number of aliphatic imine (C=N–C) groups is 1. The molecule has 0 aliphatic carbocycles. The molecule has 1 fully saturated rings. The number of carbonyl (C=O) groups excluding carboxylic acids is 1. The molecule has 0 bridgehead atoms. The smallest absolute Gasteiger partial charge is 0.276 e. The van der Waals surface area contributed by atoms with Crippen molar-refractivity contribution in [2.24, 2.45) is 12.0 Å². The number of aromatic nitrogens is 2. The Hall–Kier alpha value is -2.67. The van der Waals surface area contributed by atoms with Gasteiger partial charge in [0.25, 0.3) is 5.91 Å². The number of carbonyl (C=O) groups is 1. The van der Waals surface area contributed by atoms with E-state index in [0.717, 1.165) is 29.3 Å². The highest BCUT2D eigenvalue weighted by atomic mass is 16.5. The van der Waals surface area contributed by atoms with Crippen LogP contribution in [-0.4, -0.2) is 39.9 Å². The van der Waals surface area contributed by atoms with E-state index < -0.39 is 0 Å². The molecule has 1 aromatic heterocycles. The average molecular weight is 353 g/mol. The molecule has 1 saturated heterocycles. The molecule has 4 rings (SSSR count). The fourth-order valence-corrected chi connectivity index (χ4v) is 3.28. The van der Waals surface area contributed by atoms with Crippen molar-refractivity contribution in [2.45, 2.75) is 38.3 Å². The first-order valence-electron chi connectivity index (χ1n) is 8.84. The molecule has 2 N–H and O–H groups in total. The molecule has 1 atom stereocenters. The number of amides is 1. The number of nitrogens with one attached hydrogen (secondary N) is 2. The minimum atomic E-state index is -0.198. The summed E-state index contributed by atoms with van der Waals surface area (Å²) in [6.07, 6.45) is 5.56. The Morgan fingerprint density at radius 2 is 2.27 bits per heavy atom. The molecule has 0 spiro atoms. The lowest BCUT2D eigenvalue weighted by Crippen LogP contribution is -2.49. The zero-order valence-corrected chi connectivity index (χ0v) is 15.2. The fourth-order valence-electron chi connectivity index (χ4n) is 3.28. The van der Waals surface area contributed by atoms with Gasteiger partial charge < -0.3 is 10.1 Å². The maximum atomic E-state index is 12.2. The molecule has 3 heterocycles. The van der Waals surface area contributed by atoms with E-state index in [2.05, 4.69) is 34.6 Å². The molecule has 1 aromatic carbocycles. The molecule has 136 valence electrons. The molecule has 7 heteroatoms. The molecule has 26 heavy (non-hydrogen) atoms. The predicted octanol–water partition coefficient (Wildman–Crippen LogP) is 1.95. The van der Waals surface area contributed by atoms with Gasteiger partial charge in [0.1, 0.15) is 5.70 Å². The van der Waals surface area contributed by atoms with Gasteiger partial charge in [-0.05, 0) is 50.5 Å². The molecule has 1 amide bonds. The van der Waals surface area contributed by atoms with Gasteiger partial charge in [0.15, 0.2) is 0 Å². The Balaban J connectivity index is 1.49. The Bertz CT molecular complexity index is 915. The van der Waals surface area contributed by atoms with Crippen LogP contribution < -0.4 is 10.6 Å². The van der Waals surface area contributed by atoms with Crippen LogP contribution in [0.25, 0.3) is 17.0 Å². The fraction of sp³-hybridized carbons (Fsp3) is 0.421. The summed E-state index contributed by atoms with van der Waals surface area (Å²) in [6, 6.07) is 6.11. The first kappa shape index (κ1) is 16.8. The van der Waals surface area contributed by atoms with E-state index >= 15 is 0 Å². The van der Waals surface area contributed by atoms with E-state index in [-0.39, 0.29) is 17.6 Å². The molecule has 7 nitrogen and oxygen atoms in total. The van der Waals surface area contributed by atoms with Gasteiger partial charge in [-0.3, -0.25) is 14.8 Å². The Labute approximate surface area is 152 Å². The van der Waals surface area contributed by atoms with Gasteiger partial charge in [-0.25, -0.2) is 4.99 Å². The molecular weight excluding hydrogens is 330 g/mol. The standard InChI is InChI=1S/C19H23N5O2/c1-19(2)7-6-14(11-26-19)21-18-22-15(17(25)23-18)9-12-4-5-16-13(8-12)10-20-24(16)3/h4-5,8-10,14H,6-7,11H2,1-3H3,(H2,21,22,23,25)/b15-9-. The van der Waals surface area contributed by atoms with Gasteiger partial charge in [0, 0.05) is 12.4 Å². The summed E-state index contributed by atoms with van der Waals surface area (Å²) in [7, 11) is 1.91. The summed E-state index contributed by atoms with van der Waals surface area (Å²) in [6.45, 7) is 4.80. The maximum Gasteiger partial charge on any atom is 0.276 e. The van der Waals surface area contributed by atoms with E-state index in [1.54, 1.807) is 6.08 Å². The van der Waals surface area contributed by atoms with Crippen molar-refractivity contribution in [2.75, 3.05) is 6.61 Å². The first-order valence-corrected chi connectivity index (χ1v) is 8.84. The van der Waals surface area contributed by atoms with Crippen molar-refractivity contribution in [3.8, 4) is 0 Å². The van der Waals surface area contributed by atoms with Crippen LogP contribution in [0.5, 0.6) is 0 Å². The van der Waals surface area contributed by atoms with E-state index in [1.807, 2.05) is 36.1 Å². The summed E-state index contributed by atoms with van der Waals surface area (Å²) in [4.78, 5) is 16.6. The molecule has 2 aromatic rings. The minimum absolute atomic E-state index is 0.0745. The minimum Gasteiger partial charge on any atom is -0.373 e. The Morgan fingerprint density at radius 1 is 1.42 bits per heavy atom. The van der Waals surface area contributed by atoms with Crippen LogP contribution in [0.1, 0.15) is 32.3 Å². The molecule has 1 unspecified atom stereocenters. The van der Waals surface area contributed by atoms with Crippen LogP contribution >= 0.6 is 0 Å². The number of ether oxygens (including phenoxy) is 1.